The monoisotopic (exact) mass is 156 g/mol. The number of carbonyl (C=O) groups is 1. The molecule has 1 rings (SSSR count). The Balaban J connectivity index is 2.37. The number of amides is 2. The summed E-state index contributed by atoms with van der Waals surface area (Å²) in [5.74, 6) is 0.375. The molecule has 1 aromatic rings. The van der Waals surface area contributed by atoms with Crippen molar-refractivity contribution in [3.63, 3.8) is 0 Å². The van der Waals surface area contributed by atoms with Gasteiger partial charge in [-0.2, -0.15) is 0 Å². The van der Waals surface area contributed by atoms with Crippen LogP contribution in [0.3, 0.4) is 0 Å². The predicted octanol–water partition coefficient (Wildman–Crippen LogP) is 0.962. The van der Waals surface area contributed by atoms with Gasteiger partial charge in [0.15, 0.2) is 0 Å². The molecule has 1 aromatic heterocycles. The lowest BCUT2D eigenvalue weighted by atomic mass is 10.6. The highest BCUT2D eigenvalue weighted by molar-refractivity contribution is 5.86. The molecule has 0 atom stereocenters. The van der Waals surface area contributed by atoms with Crippen molar-refractivity contribution in [3.8, 4) is 0 Å². The Morgan fingerprint density at radius 1 is 1.73 bits per heavy atom. The van der Waals surface area contributed by atoms with Gasteiger partial charge in [0.1, 0.15) is 0 Å². The standard InChI is InChI=1S/C6H8N2O3/c1-10-8-6(9)7-5-3-2-4-11-5/h2-4H,1H3,(H2,7,8,9). The Hall–Kier alpha value is -1.49. The summed E-state index contributed by atoms with van der Waals surface area (Å²) in [5, 5.41) is 2.38. The van der Waals surface area contributed by atoms with E-state index in [1.165, 1.54) is 13.4 Å². The molecule has 2 amide bonds. The fourth-order valence-corrected chi connectivity index (χ4v) is 0.580. The van der Waals surface area contributed by atoms with Crippen molar-refractivity contribution in [2.75, 3.05) is 12.4 Å². The lowest BCUT2D eigenvalue weighted by Crippen LogP contribution is -2.27. The van der Waals surface area contributed by atoms with E-state index in [0.29, 0.717) is 5.88 Å². The van der Waals surface area contributed by atoms with Crippen molar-refractivity contribution in [1.82, 2.24) is 5.48 Å². The van der Waals surface area contributed by atoms with E-state index in [9.17, 15) is 4.79 Å². The van der Waals surface area contributed by atoms with Gasteiger partial charge < -0.3 is 4.42 Å². The smallest absolute Gasteiger partial charge is 0.345 e. The number of anilines is 1. The van der Waals surface area contributed by atoms with E-state index in [-0.39, 0.29) is 0 Å². The van der Waals surface area contributed by atoms with Gasteiger partial charge in [0.25, 0.3) is 0 Å². The van der Waals surface area contributed by atoms with Gasteiger partial charge in [-0.1, -0.05) is 0 Å². The Morgan fingerprint density at radius 3 is 3.09 bits per heavy atom. The first kappa shape index (κ1) is 7.62. The highest BCUT2D eigenvalue weighted by Crippen LogP contribution is 2.05. The van der Waals surface area contributed by atoms with Crippen molar-refractivity contribution in [2.24, 2.45) is 0 Å². The number of carbonyl (C=O) groups excluding carboxylic acids is 1. The van der Waals surface area contributed by atoms with Crippen LogP contribution in [0.15, 0.2) is 22.8 Å². The fourth-order valence-electron chi connectivity index (χ4n) is 0.580. The Kier molecular flexibility index (Phi) is 2.51. The maximum atomic E-state index is 10.7. The molecule has 0 spiro atoms. The number of furan rings is 1. The average molecular weight is 156 g/mol. The van der Waals surface area contributed by atoms with Crippen LogP contribution in [0.2, 0.25) is 0 Å². The van der Waals surface area contributed by atoms with Crippen LogP contribution in [0, 0.1) is 0 Å². The van der Waals surface area contributed by atoms with Crippen LogP contribution in [0.4, 0.5) is 10.7 Å². The molecule has 0 aliphatic rings. The molecule has 0 bridgehead atoms. The highest BCUT2D eigenvalue weighted by Gasteiger charge is 2.00. The van der Waals surface area contributed by atoms with Gasteiger partial charge in [-0.05, 0) is 6.07 Å². The number of hydrogen-bond acceptors (Lipinski definition) is 3. The topological polar surface area (TPSA) is 63.5 Å². The van der Waals surface area contributed by atoms with Crippen molar-refractivity contribution in [1.29, 1.82) is 0 Å². The molecule has 2 N–H and O–H groups in total. The van der Waals surface area contributed by atoms with E-state index in [4.69, 9.17) is 4.42 Å². The summed E-state index contributed by atoms with van der Waals surface area (Å²) in [6.45, 7) is 0. The molecular formula is C6H8N2O3. The highest BCUT2D eigenvalue weighted by atomic mass is 16.6. The summed E-state index contributed by atoms with van der Waals surface area (Å²) < 4.78 is 4.82. The second kappa shape index (κ2) is 3.62. The number of hydroxylamine groups is 1. The molecule has 0 fully saturated rings. The molecule has 0 saturated carbocycles. The lowest BCUT2D eigenvalue weighted by molar-refractivity contribution is 0.114. The minimum absolute atomic E-state index is 0.375. The second-order valence-electron chi connectivity index (χ2n) is 1.74. The van der Waals surface area contributed by atoms with E-state index in [1.54, 1.807) is 12.1 Å². The Morgan fingerprint density at radius 2 is 2.55 bits per heavy atom. The summed E-state index contributed by atoms with van der Waals surface area (Å²) in [5.41, 5.74) is 2.07. The lowest BCUT2D eigenvalue weighted by Gasteiger charge is -2.00. The molecule has 5 heteroatoms. The van der Waals surface area contributed by atoms with Crippen molar-refractivity contribution in [3.05, 3.63) is 18.4 Å². The first-order chi connectivity index (χ1) is 5.33. The molecular weight excluding hydrogens is 148 g/mol. The summed E-state index contributed by atoms with van der Waals surface area (Å²) >= 11 is 0. The van der Waals surface area contributed by atoms with Gasteiger partial charge in [-0.15, -0.1) is 0 Å². The van der Waals surface area contributed by atoms with Gasteiger partial charge in [0.2, 0.25) is 5.88 Å². The van der Waals surface area contributed by atoms with Crippen LogP contribution in [0.25, 0.3) is 0 Å². The van der Waals surface area contributed by atoms with Crippen LogP contribution >= 0.6 is 0 Å². The first-order valence-corrected chi connectivity index (χ1v) is 2.96. The van der Waals surface area contributed by atoms with E-state index >= 15 is 0 Å². The number of urea groups is 1. The zero-order chi connectivity index (χ0) is 8.10. The van der Waals surface area contributed by atoms with Crippen molar-refractivity contribution in [2.45, 2.75) is 0 Å². The molecule has 5 nitrogen and oxygen atoms in total. The van der Waals surface area contributed by atoms with Crippen LogP contribution < -0.4 is 10.8 Å². The van der Waals surface area contributed by atoms with Crippen LogP contribution in [-0.4, -0.2) is 13.1 Å². The average Bonchev–Trinajstić information content (AvgIpc) is 2.40. The van der Waals surface area contributed by atoms with Crippen LogP contribution in [0.1, 0.15) is 0 Å². The molecule has 0 saturated heterocycles. The third kappa shape index (κ3) is 2.30. The van der Waals surface area contributed by atoms with Gasteiger partial charge >= 0.3 is 6.03 Å². The van der Waals surface area contributed by atoms with Gasteiger partial charge in [0.05, 0.1) is 13.4 Å². The third-order valence-electron chi connectivity index (χ3n) is 0.953. The Bertz CT molecular complexity index is 220. The van der Waals surface area contributed by atoms with Crippen LogP contribution in [-0.2, 0) is 4.84 Å². The largest absolute Gasteiger partial charge is 0.449 e. The van der Waals surface area contributed by atoms with Gasteiger partial charge in [0, 0.05) is 6.07 Å². The molecule has 11 heavy (non-hydrogen) atoms. The van der Waals surface area contributed by atoms with Crippen LogP contribution in [0.5, 0.6) is 0 Å². The van der Waals surface area contributed by atoms with E-state index in [0.717, 1.165) is 0 Å². The quantitative estimate of drug-likeness (QED) is 0.627. The second-order valence-corrected chi connectivity index (χ2v) is 1.74. The van der Waals surface area contributed by atoms with E-state index in [1.807, 2.05) is 0 Å². The predicted molar refractivity (Wildman–Crippen MR) is 37.9 cm³/mol. The van der Waals surface area contributed by atoms with E-state index < -0.39 is 6.03 Å². The maximum Gasteiger partial charge on any atom is 0.345 e. The maximum absolute atomic E-state index is 10.7. The zero-order valence-corrected chi connectivity index (χ0v) is 5.96. The summed E-state index contributed by atoms with van der Waals surface area (Å²) in [4.78, 5) is 15.1. The third-order valence-corrected chi connectivity index (χ3v) is 0.953. The number of rotatable bonds is 2. The zero-order valence-electron chi connectivity index (χ0n) is 5.96. The molecule has 0 radical (unpaired) electrons. The SMILES string of the molecule is CONC(=O)Nc1ccco1. The molecule has 1 heterocycles. The molecule has 0 aliphatic heterocycles. The first-order valence-electron chi connectivity index (χ1n) is 2.96. The fraction of sp³-hybridized carbons (Fsp3) is 0.167. The molecule has 0 unspecified atom stereocenters. The minimum atomic E-state index is -0.470. The van der Waals surface area contributed by atoms with Crippen molar-refractivity contribution < 1.29 is 14.0 Å². The van der Waals surface area contributed by atoms with E-state index in [2.05, 4.69) is 15.6 Å². The Labute approximate surface area is 63.3 Å². The van der Waals surface area contributed by atoms with Gasteiger partial charge in [-0.25, -0.2) is 10.3 Å². The van der Waals surface area contributed by atoms with Crippen molar-refractivity contribution >= 4 is 11.9 Å². The normalized spacial score (nSPS) is 9.18. The molecule has 60 valence electrons. The molecule has 0 aromatic carbocycles. The summed E-state index contributed by atoms with van der Waals surface area (Å²) in [6, 6.07) is 2.82. The number of hydrogen-bond donors (Lipinski definition) is 2. The summed E-state index contributed by atoms with van der Waals surface area (Å²) in [7, 11) is 1.35. The number of nitrogens with one attached hydrogen (secondary N) is 2. The summed E-state index contributed by atoms with van der Waals surface area (Å²) in [6.07, 6.45) is 1.46. The minimum Gasteiger partial charge on any atom is -0.449 e. The molecule has 0 aliphatic carbocycles. The van der Waals surface area contributed by atoms with Gasteiger partial charge in [-0.3, -0.25) is 10.2 Å².